The maximum absolute atomic E-state index is 12.4. The van der Waals surface area contributed by atoms with Crippen molar-refractivity contribution in [3.05, 3.63) is 0 Å². The predicted octanol–water partition coefficient (Wildman–Crippen LogP) is 3.29. The molecule has 114 valence electrons. The van der Waals surface area contributed by atoms with Crippen molar-refractivity contribution in [3.63, 3.8) is 0 Å². The summed E-state index contributed by atoms with van der Waals surface area (Å²) in [6.45, 7) is 2.38. The van der Waals surface area contributed by atoms with Gasteiger partial charge in [0.1, 0.15) is 0 Å². The van der Waals surface area contributed by atoms with Gasteiger partial charge in [0.15, 0.2) is 0 Å². The van der Waals surface area contributed by atoms with Crippen molar-refractivity contribution in [2.75, 3.05) is 6.61 Å². The molecule has 1 unspecified atom stereocenters. The fourth-order valence-electron chi connectivity index (χ4n) is 3.01. The maximum Gasteiger partial charge on any atom is 0.389 e. The summed E-state index contributed by atoms with van der Waals surface area (Å²) in [5.74, 6) is 5.50. The molecule has 1 atom stereocenters. The van der Waals surface area contributed by atoms with Gasteiger partial charge in [0.05, 0.1) is 11.6 Å². The molecule has 1 saturated carbocycles. The van der Waals surface area contributed by atoms with E-state index in [9.17, 15) is 13.2 Å². The monoisotopic (exact) mass is 282 g/mol. The number of hydrazine groups is 1. The first-order valence-corrected chi connectivity index (χ1v) is 7.10. The summed E-state index contributed by atoms with van der Waals surface area (Å²) >= 11 is 0. The van der Waals surface area contributed by atoms with Crippen LogP contribution >= 0.6 is 0 Å². The Bertz CT molecular complexity index is 251. The van der Waals surface area contributed by atoms with Gasteiger partial charge in [-0.3, -0.25) is 11.3 Å². The standard InChI is InChI=1S/C13H25F3N2O/c1-2-19-12(8-5-3-4-6-9-12)11(18-17)7-10-13(14,15)16/h11,18H,2-10,17H2,1H3. The average Bonchev–Trinajstić information content (AvgIpc) is 2.55. The van der Waals surface area contributed by atoms with Gasteiger partial charge >= 0.3 is 6.18 Å². The van der Waals surface area contributed by atoms with Gasteiger partial charge in [0.2, 0.25) is 0 Å². The van der Waals surface area contributed by atoms with Gasteiger partial charge < -0.3 is 4.74 Å². The summed E-state index contributed by atoms with van der Waals surface area (Å²) in [4.78, 5) is 0. The van der Waals surface area contributed by atoms with E-state index in [4.69, 9.17) is 10.6 Å². The summed E-state index contributed by atoms with van der Waals surface area (Å²) in [5.41, 5.74) is 2.04. The average molecular weight is 282 g/mol. The molecule has 19 heavy (non-hydrogen) atoms. The molecule has 0 saturated heterocycles. The number of alkyl halides is 3. The number of hydrogen-bond donors (Lipinski definition) is 2. The van der Waals surface area contributed by atoms with E-state index in [-0.39, 0.29) is 6.42 Å². The SMILES string of the molecule is CCOC1(C(CCC(F)(F)F)NN)CCCCCC1. The van der Waals surface area contributed by atoms with Crippen LogP contribution in [0.2, 0.25) is 0 Å². The van der Waals surface area contributed by atoms with Crippen LogP contribution in [-0.2, 0) is 4.74 Å². The lowest BCUT2D eigenvalue weighted by Gasteiger charge is -2.40. The molecule has 0 aromatic rings. The van der Waals surface area contributed by atoms with Crippen molar-refractivity contribution < 1.29 is 17.9 Å². The Hall–Kier alpha value is -0.330. The zero-order valence-electron chi connectivity index (χ0n) is 11.6. The van der Waals surface area contributed by atoms with Crippen molar-refractivity contribution in [2.45, 2.75) is 76.1 Å². The van der Waals surface area contributed by atoms with Crippen LogP contribution in [0.4, 0.5) is 13.2 Å². The Balaban J connectivity index is 2.74. The minimum absolute atomic E-state index is 0.0278. The van der Waals surface area contributed by atoms with Crippen LogP contribution < -0.4 is 11.3 Å². The first kappa shape index (κ1) is 16.7. The molecule has 0 bridgehead atoms. The summed E-state index contributed by atoms with van der Waals surface area (Å²) in [5, 5.41) is 0. The van der Waals surface area contributed by atoms with Crippen molar-refractivity contribution in [1.29, 1.82) is 0 Å². The number of halogens is 3. The fraction of sp³-hybridized carbons (Fsp3) is 1.00. The first-order valence-electron chi connectivity index (χ1n) is 7.10. The third-order valence-electron chi connectivity index (χ3n) is 3.93. The van der Waals surface area contributed by atoms with Crippen molar-refractivity contribution in [1.82, 2.24) is 5.43 Å². The predicted molar refractivity (Wildman–Crippen MR) is 68.5 cm³/mol. The zero-order valence-corrected chi connectivity index (χ0v) is 11.6. The Morgan fingerprint density at radius 3 is 2.21 bits per heavy atom. The molecule has 0 heterocycles. The highest BCUT2D eigenvalue weighted by molar-refractivity contribution is 4.94. The minimum atomic E-state index is -4.15. The summed E-state index contributed by atoms with van der Waals surface area (Å²) < 4.78 is 43.1. The molecular weight excluding hydrogens is 257 g/mol. The molecule has 1 aliphatic carbocycles. The first-order chi connectivity index (χ1) is 8.93. The summed E-state index contributed by atoms with van der Waals surface area (Å²) in [6.07, 6.45) is 0.788. The van der Waals surface area contributed by atoms with E-state index in [1.165, 1.54) is 0 Å². The minimum Gasteiger partial charge on any atom is -0.374 e. The van der Waals surface area contributed by atoms with Crippen molar-refractivity contribution in [3.8, 4) is 0 Å². The number of ether oxygens (including phenoxy) is 1. The molecule has 0 aromatic heterocycles. The second-order valence-corrected chi connectivity index (χ2v) is 5.29. The van der Waals surface area contributed by atoms with Gasteiger partial charge in [0.25, 0.3) is 0 Å². The quantitative estimate of drug-likeness (QED) is 0.446. The number of nitrogens with one attached hydrogen (secondary N) is 1. The third-order valence-corrected chi connectivity index (χ3v) is 3.93. The lowest BCUT2D eigenvalue weighted by atomic mass is 9.84. The van der Waals surface area contributed by atoms with E-state index in [0.29, 0.717) is 6.61 Å². The zero-order chi connectivity index (χ0) is 14.4. The Morgan fingerprint density at radius 1 is 1.21 bits per heavy atom. The van der Waals surface area contributed by atoms with E-state index in [1.807, 2.05) is 6.92 Å². The smallest absolute Gasteiger partial charge is 0.374 e. The molecule has 0 spiro atoms. The van der Waals surface area contributed by atoms with Gasteiger partial charge in [-0.25, -0.2) is 0 Å². The van der Waals surface area contributed by atoms with Gasteiger partial charge in [-0.1, -0.05) is 25.7 Å². The molecule has 1 fully saturated rings. The normalized spacial score (nSPS) is 21.9. The molecule has 0 aliphatic heterocycles. The van der Waals surface area contributed by atoms with Gasteiger partial charge in [-0.05, 0) is 26.2 Å². The highest BCUT2D eigenvalue weighted by Gasteiger charge is 2.41. The Kier molecular flexibility index (Phi) is 6.56. The van der Waals surface area contributed by atoms with Gasteiger partial charge in [0, 0.05) is 13.0 Å². The van der Waals surface area contributed by atoms with Crippen LogP contribution in [0.1, 0.15) is 58.3 Å². The van der Waals surface area contributed by atoms with Crippen LogP contribution in [0.25, 0.3) is 0 Å². The largest absolute Gasteiger partial charge is 0.389 e. The molecule has 0 amide bonds. The summed E-state index contributed by atoms with van der Waals surface area (Å²) in [7, 11) is 0. The third kappa shape index (κ3) is 5.28. The molecule has 1 aliphatic rings. The molecule has 3 N–H and O–H groups in total. The number of nitrogens with two attached hydrogens (primary N) is 1. The number of hydrogen-bond acceptors (Lipinski definition) is 3. The Morgan fingerprint density at radius 2 is 1.79 bits per heavy atom. The Labute approximate surface area is 113 Å². The van der Waals surface area contributed by atoms with Crippen LogP contribution in [0.3, 0.4) is 0 Å². The van der Waals surface area contributed by atoms with Crippen molar-refractivity contribution in [2.24, 2.45) is 5.84 Å². The molecule has 3 nitrogen and oxygen atoms in total. The molecular formula is C13H25F3N2O. The van der Waals surface area contributed by atoms with Crippen LogP contribution in [0.15, 0.2) is 0 Å². The van der Waals surface area contributed by atoms with E-state index >= 15 is 0 Å². The van der Waals surface area contributed by atoms with E-state index < -0.39 is 24.2 Å². The molecule has 6 heteroatoms. The summed E-state index contributed by atoms with van der Waals surface area (Å²) in [6, 6.07) is -0.438. The molecule has 1 rings (SSSR count). The van der Waals surface area contributed by atoms with E-state index in [2.05, 4.69) is 5.43 Å². The lowest BCUT2D eigenvalue weighted by Crippen LogP contribution is -2.55. The van der Waals surface area contributed by atoms with Crippen LogP contribution in [0.5, 0.6) is 0 Å². The fourth-order valence-corrected chi connectivity index (χ4v) is 3.01. The van der Waals surface area contributed by atoms with Crippen LogP contribution in [0, 0.1) is 0 Å². The van der Waals surface area contributed by atoms with Gasteiger partial charge in [-0.2, -0.15) is 13.2 Å². The second-order valence-electron chi connectivity index (χ2n) is 5.29. The molecule has 0 aromatic carbocycles. The van der Waals surface area contributed by atoms with Crippen LogP contribution in [-0.4, -0.2) is 24.4 Å². The lowest BCUT2D eigenvalue weighted by molar-refractivity contribution is -0.144. The van der Waals surface area contributed by atoms with Gasteiger partial charge in [-0.15, -0.1) is 0 Å². The topological polar surface area (TPSA) is 47.3 Å². The highest BCUT2D eigenvalue weighted by Crippen LogP contribution is 2.36. The maximum atomic E-state index is 12.4. The van der Waals surface area contributed by atoms with E-state index in [0.717, 1.165) is 38.5 Å². The molecule has 0 radical (unpaired) electrons. The van der Waals surface area contributed by atoms with E-state index in [1.54, 1.807) is 0 Å². The highest BCUT2D eigenvalue weighted by atomic mass is 19.4. The van der Waals surface area contributed by atoms with Crippen molar-refractivity contribution >= 4 is 0 Å². The second kappa shape index (κ2) is 7.45. The number of rotatable bonds is 6.